The molecule has 0 spiro atoms. The highest BCUT2D eigenvalue weighted by Crippen LogP contribution is 2.10. The Morgan fingerprint density at radius 2 is 1.95 bits per heavy atom. The molecule has 0 bridgehead atoms. The summed E-state index contributed by atoms with van der Waals surface area (Å²) in [7, 11) is 0. The summed E-state index contributed by atoms with van der Waals surface area (Å²) < 4.78 is 1.60. The molecular weight excluding hydrogens is 254 g/mol. The normalized spacial score (nSPS) is 10.2. The van der Waals surface area contributed by atoms with Crippen molar-refractivity contribution in [2.45, 2.75) is 0 Å². The van der Waals surface area contributed by atoms with Crippen molar-refractivity contribution in [1.29, 1.82) is 0 Å². The molecule has 6 heteroatoms. The molecule has 0 aliphatic heterocycles. The molecule has 0 aliphatic carbocycles. The second kappa shape index (κ2) is 5.31. The number of hydrogen-bond acceptors (Lipinski definition) is 4. The SMILES string of the molecule is O=C(Nc1cnn(-c2ccccn2)c1)c1ccncc1. The molecule has 3 heterocycles. The molecular formula is C14H11N5O. The van der Waals surface area contributed by atoms with Crippen molar-refractivity contribution in [1.82, 2.24) is 19.7 Å². The number of nitrogens with zero attached hydrogens (tertiary/aromatic N) is 4. The fraction of sp³-hybridized carbons (Fsp3) is 0. The van der Waals surface area contributed by atoms with Crippen LogP contribution in [-0.2, 0) is 0 Å². The molecule has 0 aromatic carbocycles. The molecule has 3 rings (SSSR count). The van der Waals surface area contributed by atoms with E-state index in [0.29, 0.717) is 17.1 Å². The molecule has 20 heavy (non-hydrogen) atoms. The maximum absolute atomic E-state index is 12.0. The molecule has 1 N–H and O–H groups in total. The van der Waals surface area contributed by atoms with Gasteiger partial charge in [0.05, 0.1) is 18.1 Å². The van der Waals surface area contributed by atoms with Crippen LogP contribution in [0, 0.1) is 0 Å². The monoisotopic (exact) mass is 265 g/mol. The van der Waals surface area contributed by atoms with Gasteiger partial charge in [-0.15, -0.1) is 0 Å². The van der Waals surface area contributed by atoms with Crippen molar-refractivity contribution < 1.29 is 4.79 Å². The summed E-state index contributed by atoms with van der Waals surface area (Å²) in [4.78, 5) is 20.0. The van der Waals surface area contributed by atoms with Gasteiger partial charge in [0.25, 0.3) is 5.91 Å². The Kier molecular flexibility index (Phi) is 3.20. The molecule has 0 radical (unpaired) electrons. The minimum atomic E-state index is -0.201. The lowest BCUT2D eigenvalue weighted by Gasteiger charge is -2.01. The largest absolute Gasteiger partial charge is 0.319 e. The van der Waals surface area contributed by atoms with Gasteiger partial charge in [-0.1, -0.05) is 6.07 Å². The minimum Gasteiger partial charge on any atom is -0.319 e. The highest BCUT2D eigenvalue weighted by atomic mass is 16.1. The van der Waals surface area contributed by atoms with Crippen molar-refractivity contribution in [2.75, 3.05) is 5.32 Å². The second-order valence-electron chi connectivity index (χ2n) is 4.05. The molecule has 3 aromatic rings. The highest BCUT2D eigenvalue weighted by molar-refractivity contribution is 6.04. The van der Waals surface area contributed by atoms with Gasteiger partial charge in [0.1, 0.15) is 0 Å². The van der Waals surface area contributed by atoms with Crippen molar-refractivity contribution in [3.63, 3.8) is 0 Å². The van der Waals surface area contributed by atoms with E-state index < -0.39 is 0 Å². The first-order chi connectivity index (χ1) is 9.83. The number of anilines is 1. The number of rotatable bonds is 3. The van der Waals surface area contributed by atoms with Gasteiger partial charge in [-0.05, 0) is 24.3 Å². The van der Waals surface area contributed by atoms with Crippen LogP contribution in [-0.4, -0.2) is 25.7 Å². The predicted octanol–water partition coefficient (Wildman–Crippen LogP) is 1.91. The minimum absolute atomic E-state index is 0.201. The maximum Gasteiger partial charge on any atom is 0.255 e. The van der Waals surface area contributed by atoms with Crippen LogP contribution in [0.15, 0.2) is 61.3 Å². The van der Waals surface area contributed by atoms with Gasteiger partial charge in [0, 0.05) is 24.2 Å². The van der Waals surface area contributed by atoms with E-state index in [4.69, 9.17) is 0 Å². The van der Waals surface area contributed by atoms with E-state index >= 15 is 0 Å². The lowest BCUT2D eigenvalue weighted by Crippen LogP contribution is -2.11. The number of hydrogen-bond donors (Lipinski definition) is 1. The molecule has 0 atom stereocenters. The van der Waals surface area contributed by atoms with Crippen LogP contribution >= 0.6 is 0 Å². The maximum atomic E-state index is 12.0. The van der Waals surface area contributed by atoms with E-state index in [1.807, 2.05) is 18.2 Å². The third kappa shape index (κ3) is 2.54. The van der Waals surface area contributed by atoms with Crippen molar-refractivity contribution in [3.8, 4) is 5.82 Å². The summed E-state index contributed by atoms with van der Waals surface area (Å²) in [6.07, 6.45) is 8.12. The van der Waals surface area contributed by atoms with Crippen LogP contribution in [0.5, 0.6) is 0 Å². The van der Waals surface area contributed by atoms with Crippen LogP contribution in [0.25, 0.3) is 5.82 Å². The zero-order chi connectivity index (χ0) is 13.8. The Bertz CT molecular complexity index is 709. The van der Waals surface area contributed by atoms with E-state index in [-0.39, 0.29) is 5.91 Å². The predicted molar refractivity (Wildman–Crippen MR) is 73.5 cm³/mol. The molecule has 98 valence electrons. The van der Waals surface area contributed by atoms with Crippen LogP contribution in [0.1, 0.15) is 10.4 Å². The fourth-order valence-electron chi connectivity index (χ4n) is 1.71. The summed E-state index contributed by atoms with van der Waals surface area (Å²) >= 11 is 0. The lowest BCUT2D eigenvalue weighted by atomic mass is 10.2. The van der Waals surface area contributed by atoms with Gasteiger partial charge in [-0.2, -0.15) is 5.10 Å². The molecule has 0 fully saturated rings. The molecule has 1 amide bonds. The van der Waals surface area contributed by atoms with Crippen molar-refractivity contribution >= 4 is 11.6 Å². The average Bonchev–Trinajstić information content (AvgIpc) is 2.97. The fourth-order valence-corrected chi connectivity index (χ4v) is 1.71. The Morgan fingerprint density at radius 1 is 1.10 bits per heavy atom. The second-order valence-corrected chi connectivity index (χ2v) is 4.05. The standard InChI is InChI=1S/C14H11N5O/c20-14(11-4-7-15-8-5-11)18-12-9-17-19(10-12)13-3-1-2-6-16-13/h1-10H,(H,18,20). The number of carbonyl (C=O) groups excluding carboxylic acids is 1. The lowest BCUT2D eigenvalue weighted by molar-refractivity contribution is 0.102. The van der Waals surface area contributed by atoms with Crippen LogP contribution in [0.4, 0.5) is 5.69 Å². The highest BCUT2D eigenvalue weighted by Gasteiger charge is 2.07. The van der Waals surface area contributed by atoms with E-state index in [9.17, 15) is 4.79 Å². The molecule has 6 nitrogen and oxygen atoms in total. The zero-order valence-corrected chi connectivity index (χ0v) is 10.5. The summed E-state index contributed by atoms with van der Waals surface area (Å²) in [6, 6.07) is 8.84. The zero-order valence-electron chi connectivity index (χ0n) is 10.5. The van der Waals surface area contributed by atoms with E-state index in [0.717, 1.165) is 0 Å². The summed E-state index contributed by atoms with van der Waals surface area (Å²) in [5.74, 6) is 0.491. The Labute approximate surface area is 115 Å². The van der Waals surface area contributed by atoms with Crippen LogP contribution in [0.2, 0.25) is 0 Å². The molecule has 0 unspecified atom stereocenters. The average molecular weight is 265 g/mol. The van der Waals surface area contributed by atoms with Crippen LogP contribution in [0.3, 0.4) is 0 Å². The van der Waals surface area contributed by atoms with Gasteiger partial charge in [-0.25, -0.2) is 9.67 Å². The first kappa shape index (κ1) is 12.0. The third-order valence-corrected chi connectivity index (χ3v) is 2.67. The number of pyridine rings is 2. The molecule has 0 saturated heterocycles. The van der Waals surface area contributed by atoms with Gasteiger partial charge in [-0.3, -0.25) is 9.78 Å². The first-order valence-corrected chi connectivity index (χ1v) is 6.00. The first-order valence-electron chi connectivity index (χ1n) is 6.00. The number of nitrogens with one attached hydrogen (secondary N) is 1. The van der Waals surface area contributed by atoms with Crippen LogP contribution < -0.4 is 5.32 Å². The molecule has 0 aliphatic rings. The summed E-state index contributed by atoms with van der Waals surface area (Å²) in [5.41, 5.74) is 1.16. The van der Waals surface area contributed by atoms with Crippen molar-refractivity contribution in [3.05, 3.63) is 66.9 Å². The number of carbonyl (C=O) groups is 1. The Morgan fingerprint density at radius 3 is 2.70 bits per heavy atom. The topological polar surface area (TPSA) is 72.7 Å². The van der Waals surface area contributed by atoms with E-state index in [2.05, 4.69) is 20.4 Å². The van der Waals surface area contributed by atoms with E-state index in [1.165, 1.54) is 0 Å². The van der Waals surface area contributed by atoms with Crippen molar-refractivity contribution in [2.24, 2.45) is 0 Å². The summed E-state index contributed by atoms with van der Waals surface area (Å²) in [6.45, 7) is 0. The smallest absolute Gasteiger partial charge is 0.255 e. The third-order valence-electron chi connectivity index (χ3n) is 2.67. The number of amides is 1. The van der Waals surface area contributed by atoms with Gasteiger partial charge >= 0.3 is 0 Å². The molecule has 3 aromatic heterocycles. The van der Waals surface area contributed by atoms with Gasteiger partial charge in [0.2, 0.25) is 0 Å². The molecule has 0 saturated carbocycles. The quantitative estimate of drug-likeness (QED) is 0.785. The van der Waals surface area contributed by atoms with Gasteiger partial charge in [0.15, 0.2) is 5.82 Å². The Balaban J connectivity index is 1.77. The van der Waals surface area contributed by atoms with Gasteiger partial charge < -0.3 is 5.32 Å². The summed E-state index contributed by atoms with van der Waals surface area (Å²) in [5, 5.41) is 6.93. The number of aromatic nitrogens is 4. The Hall–Kier alpha value is -3.02. The van der Waals surface area contributed by atoms with E-state index in [1.54, 1.807) is 47.8 Å².